The average molecular weight is 408 g/mol. The van der Waals surface area contributed by atoms with E-state index in [1.54, 1.807) is 0 Å². The smallest absolute Gasteiger partial charge is 0.323 e. The first-order valence-electron chi connectivity index (χ1n) is 7.35. The van der Waals surface area contributed by atoms with Crippen LogP contribution < -0.4 is 4.72 Å². The van der Waals surface area contributed by atoms with Crippen LogP contribution in [0.3, 0.4) is 0 Å². The first-order valence-corrected chi connectivity index (χ1v) is 10.2. The van der Waals surface area contributed by atoms with E-state index < -0.39 is 44.4 Å². The van der Waals surface area contributed by atoms with Gasteiger partial charge in [-0.05, 0) is 12.8 Å². The highest BCUT2D eigenvalue weighted by Gasteiger charge is 2.48. The molecular formula is C11H16N6O7S2. The minimum Gasteiger partial charge on any atom is -0.323 e. The Morgan fingerprint density at radius 3 is 2.65 bits per heavy atom. The molecule has 0 saturated carbocycles. The summed E-state index contributed by atoms with van der Waals surface area (Å²) >= 11 is 0. The molecular weight excluding hydrogens is 392 g/mol. The number of nitrogens with zero attached hydrogens (tertiary/aromatic N) is 4. The number of hydrogen-bond donors (Lipinski definition) is 3. The van der Waals surface area contributed by atoms with Crippen molar-refractivity contribution in [1.29, 1.82) is 5.41 Å². The number of rotatable bonds is 5. The second-order valence-corrected chi connectivity index (χ2v) is 8.43. The summed E-state index contributed by atoms with van der Waals surface area (Å²) in [6.45, 7) is 0.0333. The Hall–Kier alpha value is -2.23. The summed E-state index contributed by atoms with van der Waals surface area (Å²) < 4.78 is 62.8. The zero-order valence-corrected chi connectivity index (χ0v) is 15.1. The first kappa shape index (κ1) is 18.6. The van der Waals surface area contributed by atoms with Gasteiger partial charge in [0.25, 0.3) is 10.0 Å². The maximum atomic E-state index is 12.3. The largest absolute Gasteiger partial charge is 0.418 e. The van der Waals surface area contributed by atoms with E-state index in [2.05, 4.69) is 14.0 Å². The summed E-state index contributed by atoms with van der Waals surface area (Å²) in [5.74, 6) is -0.450. The van der Waals surface area contributed by atoms with Gasteiger partial charge in [0.2, 0.25) is 5.16 Å². The highest BCUT2D eigenvalue weighted by molar-refractivity contribution is 7.89. The van der Waals surface area contributed by atoms with Crippen molar-refractivity contribution < 1.29 is 30.5 Å². The number of carbonyl (C=O) groups is 1. The zero-order valence-electron chi connectivity index (χ0n) is 13.4. The van der Waals surface area contributed by atoms with Crippen molar-refractivity contribution in [3.8, 4) is 0 Å². The standard InChI is InChI=1S/C11H16N6O7S2/c1-15-5-4-13-10(15)25(19,20)14-9(12)8-3-2-7-6-16(8)11(18)17(7)24-26(21,22)23/h4-5,7-8H,2-3,6H2,1H3,(H2,12,14)(H,21,22,23)/t7-,8+/m1/s1. The second-order valence-electron chi connectivity index (χ2n) is 5.85. The van der Waals surface area contributed by atoms with Crippen LogP contribution in [-0.4, -0.2) is 71.4 Å². The highest BCUT2D eigenvalue weighted by atomic mass is 32.3. The van der Waals surface area contributed by atoms with E-state index in [1.807, 2.05) is 0 Å². The van der Waals surface area contributed by atoms with Gasteiger partial charge in [-0.1, -0.05) is 0 Å². The number of nitrogens with one attached hydrogen (secondary N) is 2. The first-order chi connectivity index (χ1) is 12.0. The molecule has 2 fully saturated rings. The van der Waals surface area contributed by atoms with Gasteiger partial charge in [-0.2, -0.15) is 21.9 Å². The topological polar surface area (TPSA) is 175 Å². The van der Waals surface area contributed by atoms with Crippen molar-refractivity contribution in [3.05, 3.63) is 12.4 Å². The van der Waals surface area contributed by atoms with Crippen molar-refractivity contribution in [1.82, 2.24) is 24.2 Å². The molecule has 15 heteroatoms. The molecule has 2 saturated heterocycles. The third-order valence-corrected chi connectivity index (χ3v) is 5.80. The molecule has 2 aliphatic heterocycles. The van der Waals surface area contributed by atoms with Gasteiger partial charge < -0.3 is 9.47 Å². The number of amidine groups is 1. The molecule has 3 heterocycles. The maximum absolute atomic E-state index is 12.3. The third kappa shape index (κ3) is 3.37. The van der Waals surface area contributed by atoms with E-state index >= 15 is 0 Å². The summed E-state index contributed by atoms with van der Waals surface area (Å²) in [6.07, 6.45) is 3.19. The molecule has 1 aromatic rings. The molecule has 2 atom stereocenters. The minimum absolute atomic E-state index is 0.0333. The summed E-state index contributed by atoms with van der Waals surface area (Å²) in [5.41, 5.74) is 0. The molecule has 0 spiro atoms. The molecule has 2 amide bonds. The van der Waals surface area contributed by atoms with Crippen molar-refractivity contribution in [2.75, 3.05) is 6.54 Å². The number of hydrogen-bond acceptors (Lipinski definition) is 8. The van der Waals surface area contributed by atoms with Gasteiger partial charge in [0, 0.05) is 26.0 Å². The quantitative estimate of drug-likeness (QED) is 0.305. The molecule has 0 radical (unpaired) electrons. The van der Waals surface area contributed by atoms with Crippen molar-refractivity contribution >= 4 is 32.3 Å². The van der Waals surface area contributed by atoms with Crippen LogP contribution in [0.25, 0.3) is 0 Å². The number of imidazole rings is 1. The molecule has 0 aliphatic carbocycles. The molecule has 3 N–H and O–H groups in total. The SMILES string of the molecule is Cn1ccnc1S(=O)(=O)NC(=N)[C@@H]1CC[C@@H]2CN1C(=O)N2OS(=O)(=O)O. The summed E-state index contributed by atoms with van der Waals surface area (Å²) in [4.78, 5) is 17.1. The Bertz CT molecular complexity index is 955. The number of aryl methyl sites for hydroxylation is 1. The molecule has 0 unspecified atom stereocenters. The molecule has 1 aromatic heterocycles. The number of carbonyl (C=O) groups excluding carboxylic acids is 1. The zero-order chi connectivity index (χ0) is 19.3. The van der Waals surface area contributed by atoms with Gasteiger partial charge in [0.05, 0.1) is 12.1 Å². The fourth-order valence-corrected chi connectivity index (χ4v) is 4.55. The van der Waals surface area contributed by atoms with E-state index in [1.165, 1.54) is 24.0 Å². The lowest BCUT2D eigenvalue weighted by atomic mass is 10.0. The highest BCUT2D eigenvalue weighted by Crippen LogP contribution is 2.31. The van der Waals surface area contributed by atoms with Crippen LogP contribution in [0, 0.1) is 5.41 Å². The molecule has 2 aliphatic rings. The summed E-state index contributed by atoms with van der Waals surface area (Å²) in [5, 5.41) is 8.28. The van der Waals surface area contributed by atoms with Crippen LogP contribution >= 0.6 is 0 Å². The monoisotopic (exact) mass is 408 g/mol. The van der Waals surface area contributed by atoms with Crippen molar-refractivity contribution in [2.24, 2.45) is 7.05 Å². The van der Waals surface area contributed by atoms with E-state index in [0.29, 0.717) is 5.06 Å². The Morgan fingerprint density at radius 1 is 1.38 bits per heavy atom. The van der Waals surface area contributed by atoms with Crippen molar-refractivity contribution in [3.63, 3.8) is 0 Å². The number of hydroxylamine groups is 2. The number of amides is 2. The van der Waals surface area contributed by atoms with Gasteiger partial charge in [0.1, 0.15) is 5.84 Å². The predicted octanol–water partition coefficient (Wildman–Crippen LogP) is -1.32. The van der Waals surface area contributed by atoms with E-state index in [-0.39, 0.29) is 24.5 Å². The fraction of sp³-hybridized carbons (Fsp3) is 0.545. The molecule has 0 aromatic carbocycles. The van der Waals surface area contributed by atoms with E-state index in [4.69, 9.17) is 9.96 Å². The lowest BCUT2D eigenvalue weighted by Gasteiger charge is -2.30. The van der Waals surface area contributed by atoms with Gasteiger partial charge in [-0.3, -0.25) is 14.7 Å². The lowest BCUT2D eigenvalue weighted by molar-refractivity contribution is -0.0316. The van der Waals surface area contributed by atoms with Crippen LogP contribution in [0.2, 0.25) is 0 Å². The molecule has 3 rings (SSSR count). The van der Waals surface area contributed by atoms with Crippen LogP contribution in [0.15, 0.2) is 17.6 Å². The Balaban J connectivity index is 1.76. The maximum Gasteiger partial charge on any atom is 0.418 e. The van der Waals surface area contributed by atoms with Gasteiger partial charge in [0.15, 0.2) is 0 Å². The molecule has 144 valence electrons. The number of sulfonamides is 1. The van der Waals surface area contributed by atoms with E-state index in [0.717, 1.165) is 4.90 Å². The average Bonchev–Trinajstić information content (AvgIpc) is 3.04. The Morgan fingerprint density at radius 2 is 2.08 bits per heavy atom. The normalized spacial score (nSPS) is 23.4. The Kier molecular flexibility index (Phi) is 4.41. The Labute approximate surface area is 149 Å². The number of fused-ring (bicyclic) bond motifs is 2. The number of piperidine rings is 1. The van der Waals surface area contributed by atoms with Crippen LogP contribution in [0.4, 0.5) is 4.79 Å². The lowest BCUT2D eigenvalue weighted by Crippen LogP contribution is -2.50. The predicted molar refractivity (Wildman–Crippen MR) is 84.6 cm³/mol. The minimum atomic E-state index is -4.88. The van der Waals surface area contributed by atoms with Gasteiger partial charge >= 0.3 is 16.4 Å². The number of urea groups is 1. The molecule has 13 nitrogen and oxygen atoms in total. The van der Waals surface area contributed by atoms with Gasteiger partial charge in [-0.15, -0.1) is 4.28 Å². The van der Waals surface area contributed by atoms with Crippen LogP contribution in [0.1, 0.15) is 12.8 Å². The van der Waals surface area contributed by atoms with Crippen LogP contribution in [-0.2, 0) is 31.8 Å². The third-order valence-electron chi connectivity index (χ3n) is 4.09. The fourth-order valence-electron chi connectivity index (χ4n) is 3.00. The van der Waals surface area contributed by atoms with E-state index in [9.17, 15) is 21.6 Å². The summed E-state index contributed by atoms with van der Waals surface area (Å²) in [6, 6.07) is -2.42. The number of aromatic nitrogens is 2. The van der Waals surface area contributed by atoms with Crippen LogP contribution in [0.5, 0.6) is 0 Å². The second kappa shape index (κ2) is 6.19. The molecule has 2 bridgehead atoms. The van der Waals surface area contributed by atoms with Crippen molar-refractivity contribution in [2.45, 2.75) is 30.1 Å². The molecule has 26 heavy (non-hydrogen) atoms. The van der Waals surface area contributed by atoms with Gasteiger partial charge in [-0.25, -0.2) is 9.78 Å². The summed E-state index contributed by atoms with van der Waals surface area (Å²) in [7, 11) is -7.52.